The predicted octanol–water partition coefficient (Wildman–Crippen LogP) is 4.55. The summed E-state index contributed by atoms with van der Waals surface area (Å²) in [5.41, 5.74) is 2.45. The minimum absolute atomic E-state index is 0.0197. The highest BCUT2D eigenvalue weighted by atomic mass is 19.1. The molecule has 1 fully saturated rings. The van der Waals surface area contributed by atoms with Crippen molar-refractivity contribution in [1.82, 2.24) is 5.32 Å². The molecule has 2 aromatic carbocycles. The zero-order valence-electron chi connectivity index (χ0n) is 16.3. The smallest absolute Gasteiger partial charge is 0.131 e. The maximum absolute atomic E-state index is 14.6. The van der Waals surface area contributed by atoms with Gasteiger partial charge in [0.15, 0.2) is 0 Å². The first kappa shape index (κ1) is 19.0. The van der Waals surface area contributed by atoms with E-state index in [1.54, 1.807) is 20.3 Å². The molecule has 150 valence electrons. The lowest BCUT2D eigenvalue weighted by Gasteiger charge is -2.33. The molecular weight excluding hydrogens is 362 g/mol. The maximum Gasteiger partial charge on any atom is 0.131 e. The van der Waals surface area contributed by atoms with Crippen LogP contribution >= 0.6 is 0 Å². The number of anilines is 1. The molecule has 0 aliphatic heterocycles. The van der Waals surface area contributed by atoms with Crippen LogP contribution in [0.2, 0.25) is 0 Å². The van der Waals surface area contributed by atoms with E-state index >= 15 is 0 Å². The van der Waals surface area contributed by atoms with Crippen LogP contribution in [0.3, 0.4) is 0 Å². The van der Waals surface area contributed by atoms with E-state index in [4.69, 9.17) is 9.47 Å². The van der Waals surface area contributed by atoms with E-state index in [1.807, 2.05) is 18.2 Å². The molecular formula is C22H26F2N2O2. The Balaban J connectivity index is 1.40. The van der Waals surface area contributed by atoms with E-state index in [1.165, 1.54) is 0 Å². The molecule has 4 rings (SSSR count). The lowest BCUT2D eigenvalue weighted by molar-refractivity contribution is 0.393. The van der Waals surface area contributed by atoms with Crippen LogP contribution in [0.15, 0.2) is 30.3 Å². The molecule has 0 saturated heterocycles. The van der Waals surface area contributed by atoms with Gasteiger partial charge in [-0.25, -0.2) is 8.78 Å². The first-order valence-corrected chi connectivity index (χ1v) is 9.74. The second kappa shape index (κ2) is 7.59. The number of nitrogens with one attached hydrogen (secondary N) is 2. The number of hydrogen-bond acceptors (Lipinski definition) is 4. The van der Waals surface area contributed by atoms with Crippen LogP contribution in [0.4, 0.5) is 14.5 Å². The first-order chi connectivity index (χ1) is 13.5. The zero-order valence-corrected chi connectivity index (χ0v) is 16.3. The van der Waals surface area contributed by atoms with E-state index in [9.17, 15) is 8.78 Å². The van der Waals surface area contributed by atoms with E-state index in [-0.39, 0.29) is 11.5 Å². The summed E-state index contributed by atoms with van der Waals surface area (Å²) in [7, 11) is 3.23. The summed E-state index contributed by atoms with van der Waals surface area (Å²) in [4.78, 5) is 0. The molecule has 0 aromatic heterocycles. The number of halogens is 2. The predicted molar refractivity (Wildman–Crippen MR) is 105 cm³/mol. The normalized spacial score (nSPS) is 19.2. The number of ether oxygens (including phenoxy) is 2. The molecule has 6 heteroatoms. The molecule has 0 radical (unpaired) electrons. The number of fused-ring (bicyclic) bond motifs is 2. The third kappa shape index (κ3) is 3.65. The van der Waals surface area contributed by atoms with Crippen molar-refractivity contribution < 1.29 is 18.3 Å². The fourth-order valence-corrected chi connectivity index (χ4v) is 4.31. The van der Waals surface area contributed by atoms with Crippen LogP contribution in [0, 0.1) is 11.6 Å². The van der Waals surface area contributed by atoms with Crippen LogP contribution in [0.1, 0.15) is 42.9 Å². The first-order valence-electron chi connectivity index (χ1n) is 9.74. The Kier molecular flexibility index (Phi) is 5.15. The Morgan fingerprint density at radius 3 is 2.32 bits per heavy atom. The van der Waals surface area contributed by atoms with Crippen molar-refractivity contribution in [2.45, 2.75) is 37.1 Å². The molecule has 2 aromatic rings. The van der Waals surface area contributed by atoms with Crippen LogP contribution < -0.4 is 20.1 Å². The number of benzene rings is 2. The van der Waals surface area contributed by atoms with Gasteiger partial charge >= 0.3 is 0 Å². The number of rotatable bonds is 7. The van der Waals surface area contributed by atoms with Gasteiger partial charge in [0.05, 0.1) is 14.2 Å². The second-order valence-corrected chi connectivity index (χ2v) is 7.70. The topological polar surface area (TPSA) is 42.5 Å². The highest BCUT2D eigenvalue weighted by molar-refractivity contribution is 5.53. The van der Waals surface area contributed by atoms with E-state index < -0.39 is 11.6 Å². The molecule has 28 heavy (non-hydrogen) atoms. The zero-order chi connectivity index (χ0) is 19.7. The van der Waals surface area contributed by atoms with Gasteiger partial charge < -0.3 is 20.1 Å². The van der Waals surface area contributed by atoms with Crippen LogP contribution in [0.25, 0.3) is 0 Å². The van der Waals surface area contributed by atoms with Gasteiger partial charge in [-0.3, -0.25) is 0 Å². The molecule has 1 spiro atoms. The third-order valence-corrected chi connectivity index (χ3v) is 5.98. The Morgan fingerprint density at radius 2 is 1.68 bits per heavy atom. The summed E-state index contributed by atoms with van der Waals surface area (Å²) in [6.45, 7) is 1.32. The highest BCUT2D eigenvalue weighted by Gasteiger charge is 2.49. The number of methoxy groups -OCH3 is 2. The van der Waals surface area contributed by atoms with Gasteiger partial charge in [-0.2, -0.15) is 0 Å². The van der Waals surface area contributed by atoms with Crippen molar-refractivity contribution in [2.75, 3.05) is 32.6 Å². The molecule has 1 saturated carbocycles. The summed E-state index contributed by atoms with van der Waals surface area (Å²) in [6.07, 6.45) is 3.94. The molecule has 2 aliphatic carbocycles. The van der Waals surface area contributed by atoms with Crippen molar-refractivity contribution in [3.8, 4) is 11.5 Å². The molecule has 1 atom stereocenters. The van der Waals surface area contributed by atoms with Gasteiger partial charge in [0, 0.05) is 54.6 Å². The summed E-state index contributed by atoms with van der Waals surface area (Å²) in [6, 6.07) is 8.09. The Morgan fingerprint density at radius 1 is 0.964 bits per heavy atom. The van der Waals surface area contributed by atoms with Crippen LogP contribution in [0.5, 0.6) is 11.5 Å². The van der Waals surface area contributed by atoms with Crippen LogP contribution in [-0.2, 0) is 5.41 Å². The lowest BCUT2D eigenvalue weighted by atomic mass is 9.77. The summed E-state index contributed by atoms with van der Waals surface area (Å²) < 4.78 is 38.9. The highest BCUT2D eigenvalue weighted by Crippen LogP contribution is 2.57. The van der Waals surface area contributed by atoms with E-state index in [0.717, 1.165) is 54.5 Å². The van der Waals surface area contributed by atoms with Crippen molar-refractivity contribution in [3.05, 3.63) is 53.1 Å². The van der Waals surface area contributed by atoms with Crippen molar-refractivity contribution in [1.29, 1.82) is 0 Å². The molecule has 0 heterocycles. The van der Waals surface area contributed by atoms with Gasteiger partial charge in [-0.1, -0.05) is 0 Å². The quantitative estimate of drug-likeness (QED) is 0.683. The SMILES string of the molecule is COc1cc(NCCNC2CCC3(CC3)c3cc(F)cc(F)c32)cc(OC)c1. The van der Waals surface area contributed by atoms with Gasteiger partial charge in [0.2, 0.25) is 0 Å². The third-order valence-electron chi connectivity index (χ3n) is 5.98. The van der Waals surface area contributed by atoms with Crippen LogP contribution in [-0.4, -0.2) is 27.3 Å². The lowest BCUT2D eigenvalue weighted by Crippen LogP contribution is -2.33. The average molecular weight is 388 g/mol. The van der Waals surface area contributed by atoms with Crippen molar-refractivity contribution in [3.63, 3.8) is 0 Å². The minimum atomic E-state index is -0.475. The van der Waals surface area contributed by atoms with Gasteiger partial charge in [0.25, 0.3) is 0 Å². The van der Waals surface area contributed by atoms with Crippen molar-refractivity contribution >= 4 is 5.69 Å². The van der Waals surface area contributed by atoms with E-state index in [2.05, 4.69) is 10.6 Å². The fourth-order valence-electron chi connectivity index (χ4n) is 4.31. The number of hydrogen-bond donors (Lipinski definition) is 2. The largest absolute Gasteiger partial charge is 0.497 e. The van der Waals surface area contributed by atoms with Gasteiger partial charge in [-0.05, 0) is 42.7 Å². The summed E-state index contributed by atoms with van der Waals surface area (Å²) in [5.74, 6) is 0.533. The molecule has 0 amide bonds. The molecule has 2 N–H and O–H groups in total. The second-order valence-electron chi connectivity index (χ2n) is 7.70. The monoisotopic (exact) mass is 388 g/mol. The Labute approximate surface area is 164 Å². The Hall–Kier alpha value is -2.34. The fraction of sp³-hybridized carbons (Fsp3) is 0.455. The summed E-state index contributed by atoms with van der Waals surface area (Å²) in [5, 5.41) is 6.78. The maximum atomic E-state index is 14.6. The minimum Gasteiger partial charge on any atom is -0.497 e. The Bertz CT molecular complexity index is 846. The molecule has 4 nitrogen and oxygen atoms in total. The van der Waals surface area contributed by atoms with Crippen molar-refractivity contribution in [2.24, 2.45) is 0 Å². The summed E-state index contributed by atoms with van der Waals surface area (Å²) >= 11 is 0. The molecule has 0 bridgehead atoms. The standard InChI is InChI=1S/C22H26F2N2O2/c1-27-16-11-15(12-17(13-16)28-2)25-7-8-26-20-3-4-22(5-6-22)18-9-14(23)10-19(24)21(18)20/h9-13,20,25-26H,3-8H2,1-2H3. The molecule has 2 aliphatic rings. The van der Waals surface area contributed by atoms with E-state index in [0.29, 0.717) is 18.7 Å². The van der Waals surface area contributed by atoms with Gasteiger partial charge in [-0.15, -0.1) is 0 Å². The average Bonchev–Trinajstić information content (AvgIpc) is 3.47. The van der Waals surface area contributed by atoms with Gasteiger partial charge in [0.1, 0.15) is 23.1 Å². The molecule has 1 unspecified atom stereocenters.